The van der Waals surface area contributed by atoms with Crippen molar-refractivity contribution in [3.05, 3.63) is 58.1 Å². The summed E-state index contributed by atoms with van der Waals surface area (Å²) < 4.78 is 84.4. The standard InChI is InChI=1S/C19H14BClF6N4O2/c20-18(8-33-17(6-22,7-23)16(28)31-18)11-4-10(1-2-13(11)24)30-15(32)14-12(21)3-9(5-29-14)19(25,26)27/h1-5H,6-8H2,(H2,28,31)(H,30,32)/t18-/m0/s1. The van der Waals surface area contributed by atoms with Crippen molar-refractivity contribution in [1.82, 2.24) is 4.98 Å². The van der Waals surface area contributed by atoms with Crippen molar-refractivity contribution in [3.8, 4) is 0 Å². The van der Waals surface area contributed by atoms with Gasteiger partial charge in [0.05, 0.1) is 22.6 Å². The molecule has 14 heteroatoms. The quantitative estimate of drug-likeness (QED) is 0.496. The minimum atomic E-state index is -4.71. The number of nitrogens with two attached hydrogens (primary N) is 1. The van der Waals surface area contributed by atoms with Gasteiger partial charge in [0, 0.05) is 17.4 Å². The van der Waals surface area contributed by atoms with E-state index in [0.29, 0.717) is 12.3 Å². The highest BCUT2D eigenvalue weighted by atomic mass is 35.5. The Labute approximate surface area is 189 Å². The van der Waals surface area contributed by atoms with Crippen LogP contribution in [0.2, 0.25) is 5.02 Å². The van der Waals surface area contributed by atoms with Gasteiger partial charge in [0.15, 0.2) is 5.60 Å². The first-order valence-corrected chi connectivity index (χ1v) is 9.48. The van der Waals surface area contributed by atoms with Crippen molar-refractivity contribution in [3.63, 3.8) is 0 Å². The van der Waals surface area contributed by atoms with Gasteiger partial charge >= 0.3 is 6.18 Å². The number of pyridine rings is 1. The Morgan fingerprint density at radius 3 is 2.48 bits per heavy atom. The van der Waals surface area contributed by atoms with Crippen LogP contribution in [0.1, 0.15) is 21.6 Å². The minimum Gasteiger partial charge on any atom is -0.385 e. The lowest BCUT2D eigenvalue weighted by molar-refractivity contribution is -0.137. The van der Waals surface area contributed by atoms with Crippen LogP contribution >= 0.6 is 11.6 Å². The molecule has 2 aromatic rings. The van der Waals surface area contributed by atoms with Crippen LogP contribution in [-0.2, 0) is 16.4 Å². The second-order valence-electron chi connectivity index (χ2n) is 7.17. The number of rotatable bonds is 5. The molecule has 0 saturated heterocycles. The van der Waals surface area contributed by atoms with E-state index in [2.05, 4.69) is 15.3 Å². The summed E-state index contributed by atoms with van der Waals surface area (Å²) in [4.78, 5) is 19.7. The molecule has 1 aromatic carbocycles. The molecule has 0 unspecified atom stereocenters. The van der Waals surface area contributed by atoms with Gasteiger partial charge in [-0.1, -0.05) is 11.6 Å². The van der Waals surface area contributed by atoms with E-state index in [1.54, 1.807) is 0 Å². The molecular weight excluding hydrogens is 476 g/mol. The third kappa shape index (κ3) is 4.79. The van der Waals surface area contributed by atoms with Gasteiger partial charge in [0.25, 0.3) is 5.91 Å². The van der Waals surface area contributed by atoms with Crippen molar-refractivity contribution in [1.29, 1.82) is 0 Å². The molecule has 2 heterocycles. The maximum atomic E-state index is 14.5. The van der Waals surface area contributed by atoms with Crippen molar-refractivity contribution in [2.75, 3.05) is 25.3 Å². The zero-order chi connectivity index (χ0) is 24.6. The maximum absolute atomic E-state index is 14.5. The Balaban J connectivity index is 1.90. The molecule has 1 amide bonds. The molecule has 6 nitrogen and oxygen atoms in total. The van der Waals surface area contributed by atoms with E-state index < -0.39 is 71.0 Å². The van der Waals surface area contributed by atoms with Crippen LogP contribution in [0.4, 0.5) is 32.0 Å². The summed E-state index contributed by atoms with van der Waals surface area (Å²) >= 11 is 5.75. The van der Waals surface area contributed by atoms with Gasteiger partial charge in [-0.25, -0.2) is 18.2 Å². The van der Waals surface area contributed by atoms with Gasteiger partial charge < -0.3 is 15.8 Å². The molecule has 0 bridgehead atoms. The third-order valence-electron chi connectivity index (χ3n) is 4.86. The summed E-state index contributed by atoms with van der Waals surface area (Å²) in [7, 11) is 6.06. The van der Waals surface area contributed by atoms with Crippen LogP contribution in [0.25, 0.3) is 0 Å². The van der Waals surface area contributed by atoms with E-state index in [4.69, 9.17) is 29.9 Å². The average Bonchev–Trinajstić information content (AvgIpc) is 2.75. The lowest BCUT2D eigenvalue weighted by atomic mass is 9.71. The van der Waals surface area contributed by atoms with Gasteiger partial charge in [-0.15, -0.1) is 0 Å². The molecule has 1 atom stereocenters. The van der Waals surface area contributed by atoms with Gasteiger partial charge in [0.1, 0.15) is 38.5 Å². The predicted octanol–water partition coefficient (Wildman–Crippen LogP) is 3.53. The lowest BCUT2D eigenvalue weighted by Gasteiger charge is -2.40. The van der Waals surface area contributed by atoms with E-state index in [0.717, 1.165) is 18.2 Å². The van der Waals surface area contributed by atoms with E-state index in [1.165, 1.54) is 0 Å². The van der Waals surface area contributed by atoms with Crippen LogP contribution in [0.15, 0.2) is 35.5 Å². The van der Waals surface area contributed by atoms with Crippen LogP contribution in [-0.4, -0.2) is 50.1 Å². The highest BCUT2D eigenvalue weighted by Gasteiger charge is 2.45. The number of alkyl halides is 5. The van der Waals surface area contributed by atoms with Crippen LogP contribution < -0.4 is 11.1 Å². The molecule has 0 aliphatic carbocycles. The Kier molecular flexibility index (Phi) is 6.67. The molecular formula is C19H14BClF6N4O2. The number of halogens is 7. The summed E-state index contributed by atoms with van der Waals surface area (Å²) in [6, 6.07) is 3.64. The maximum Gasteiger partial charge on any atom is 0.417 e. The normalized spacial score (nSPS) is 20.3. The van der Waals surface area contributed by atoms with E-state index >= 15 is 0 Å². The smallest absolute Gasteiger partial charge is 0.385 e. The minimum absolute atomic E-state index is 0.0550. The van der Waals surface area contributed by atoms with E-state index in [9.17, 15) is 31.1 Å². The predicted molar refractivity (Wildman–Crippen MR) is 108 cm³/mol. The summed E-state index contributed by atoms with van der Waals surface area (Å²) in [5.41, 5.74) is -0.540. The molecule has 174 valence electrons. The number of anilines is 1. The number of nitrogens with one attached hydrogen (secondary N) is 1. The second-order valence-corrected chi connectivity index (χ2v) is 7.58. The van der Waals surface area contributed by atoms with Crippen molar-refractivity contribution in [2.24, 2.45) is 10.7 Å². The highest BCUT2D eigenvalue weighted by molar-refractivity contribution is 6.34. The molecule has 0 saturated carbocycles. The number of amidine groups is 1. The molecule has 3 rings (SSSR count). The molecule has 2 radical (unpaired) electrons. The second kappa shape index (κ2) is 8.86. The summed E-state index contributed by atoms with van der Waals surface area (Å²) in [5.74, 6) is -2.50. The molecule has 3 N–H and O–H groups in total. The molecule has 0 fully saturated rings. The zero-order valence-corrected chi connectivity index (χ0v) is 17.3. The van der Waals surface area contributed by atoms with Crippen molar-refractivity contribution >= 4 is 36.9 Å². The van der Waals surface area contributed by atoms with Gasteiger partial charge in [-0.2, -0.15) is 13.2 Å². The summed E-state index contributed by atoms with van der Waals surface area (Å²) in [6.07, 6.45) is -4.27. The fourth-order valence-electron chi connectivity index (χ4n) is 2.94. The number of carbonyl (C=O) groups excluding carboxylic acids is 1. The molecule has 1 aliphatic heterocycles. The first-order valence-electron chi connectivity index (χ1n) is 9.10. The Morgan fingerprint density at radius 2 is 1.94 bits per heavy atom. The number of aromatic nitrogens is 1. The monoisotopic (exact) mass is 490 g/mol. The highest BCUT2D eigenvalue weighted by Crippen LogP contribution is 2.35. The number of hydrogen-bond acceptors (Lipinski definition) is 5. The number of aliphatic imine (C=N–C) groups is 1. The number of amides is 1. The van der Waals surface area contributed by atoms with Crippen LogP contribution in [0, 0.1) is 5.82 Å². The Morgan fingerprint density at radius 1 is 1.27 bits per heavy atom. The number of hydrogen-bond donors (Lipinski definition) is 2. The number of ether oxygens (including phenoxy) is 1. The molecule has 1 aliphatic rings. The molecule has 0 spiro atoms. The fourth-order valence-corrected chi connectivity index (χ4v) is 3.20. The lowest BCUT2D eigenvalue weighted by Crippen LogP contribution is -2.57. The topological polar surface area (TPSA) is 89.6 Å². The van der Waals surface area contributed by atoms with E-state index in [-0.39, 0.29) is 11.3 Å². The first-order chi connectivity index (χ1) is 15.3. The molecule has 33 heavy (non-hydrogen) atoms. The zero-order valence-electron chi connectivity index (χ0n) is 16.5. The number of benzene rings is 1. The number of carbonyl (C=O) groups is 1. The summed E-state index contributed by atoms with van der Waals surface area (Å²) in [5, 5.41) is 1.74. The van der Waals surface area contributed by atoms with Gasteiger partial charge in [-0.05, 0) is 24.3 Å². The fraction of sp³-hybridized carbons (Fsp3) is 0.316. The number of nitrogens with zero attached hydrogens (tertiary/aromatic N) is 2. The SMILES string of the molecule is [B][C@@]1(c2cc(NC(=O)c3ncc(C(F)(F)F)cc3Cl)ccc2F)COC(CF)(CF)C(N)=N1. The first kappa shape index (κ1) is 24.8. The van der Waals surface area contributed by atoms with Crippen LogP contribution in [0.3, 0.4) is 0 Å². The van der Waals surface area contributed by atoms with Gasteiger partial charge in [0.2, 0.25) is 0 Å². The Bertz CT molecular complexity index is 1110. The average molecular weight is 491 g/mol. The van der Waals surface area contributed by atoms with E-state index in [1.807, 2.05) is 0 Å². The Hall–Kier alpha value is -2.80. The molecule has 1 aromatic heterocycles. The summed E-state index contributed by atoms with van der Waals surface area (Å²) in [6.45, 7) is -3.29. The van der Waals surface area contributed by atoms with Crippen molar-refractivity contribution < 1.29 is 35.9 Å². The largest absolute Gasteiger partial charge is 0.417 e. The van der Waals surface area contributed by atoms with Crippen molar-refractivity contribution in [2.45, 2.75) is 17.2 Å². The van der Waals surface area contributed by atoms with Gasteiger partial charge in [-0.3, -0.25) is 9.79 Å². The van der Waals surface area contributed by atoms with Crippen LogP contribution in [0.5, 0.6) is 0 Å². The third-order valence-corrected chi connectivity index (χ3v) is 5.15.